The predicted octanol–water partition coefficient (Wildman–Crippen LogP) is 0.603. The summed E-state index contributed by atoms with van der Waals surface area (Å²) in [6.45, 7) is 1.26. The maximum absolute atomic E-state index is 12.6. The molecule has 4 rings (SSSR count). The normalized spacial score (nSPS) is 19.3. The van der Waals surface area contributed by atoms with Crippen LogP contribution in [0.4, 0.5) is 0 Å². The highest BCUT2D eigenvalue weighted by Gasteiger charge is 2.30. The standard InChI is InChI=1S/C20H21N3O7S2/c24-20(15-5-7-16(8-6-15)32(27,28)23-10-13-29-14-11-23)30-12-9-21-19-17-3-1-2-4-18(17)31(25,26)22-19/h1-8H,9-14H2,(H,21,22). The molecule has 1 fully saturated rings. The van der Waals surface area contributed by atoms with Crippen LogP contribution >= 0.6 is 0 Å². The fraction of sp³-hybridized carbons (Fsp3) is 0.300. The number of hydrogen-bond donors (Lipinski definition) is 1. The van der Waals surface area contributed by atoms with Crippen LogP contribution in [0, 0.1) is 0 Å². The van der Waals surface area contributed by atoms with Crippen LogP contribution in [0.25, 0.3) is 0 Å². The SMILES string of the molecule is O=C(OCCN=C1NS(=O)(=O)c2ccccc21)c1ccc(S(=O)(=O)N2CCOCC2)cc1. The van der Waals surface area contributed by atoms with E-state index < -0.39 is 26.0 Å². The van der Waals surface area contributed by atoms with Crippen molar-refractivity contribution < 1.29 is 31.1 Å². The van der Waals surface area contributed by atoms with Gasteiger partial charge in [-0.3, -0.25) is 9.71 Å². The molecule has 0 spiro atoms. The number of benzene rings is 2. The Morgan fingerprint density at radius 3 is 2.50 bits per heavy atom. The molecule has 170 valence electrons. The van der Waals surface area contributed by atoms with Gasteiger partial charge in [0.05, 0.1) is 35.1 Å². The van der Waals surface area contributed by atoms with E-state index in [0.717, 1.165) is 0 Å². The summed E-state index contributed by atoms with van der Waals surface area (Å²) in [5.41, 5.74) is 0.668. The lowest BCUT2D eigenvalue weighted by Crippen LogP contribution is -2.40. The summed E-state index contributed by atoms with van der Waals surface area (Å²) in [4.78, 5) is 16.7. The lowest BCUT2D eigenvalue weighted by atomic mass is 10.2. The first-order valence-electron chi connectivity index (χ1n) is 9.81. The summed E-state index contributed by atoms with van der Waals surface area (Å²) in [6, 6.07) is 12.0. The van der Waals surface area contributed by atoms with Gasteiger partial charge in [-0.25, -0.2) is 21.6 Å². The smallest absolute Gasteiger partial charge is 0.338 e. The fourth-order valence-corrected chi connectivity index (χ4v) is 5.99. The topological polar surface area (TPSA) is 131 Å². The summed E-state index contributed by atoms with van der Waals surface area (Å²) in [5, 5.41) is 0. The highest BCUT2D eigenvalue weighted by atomic mass is 32.2. The maximum atomic E-state index is 12.6. The highest BCUT2D eigenvalue weighted by molar-refractivity contribution is 7.90. The van der Waals surface area contributed by atoms with Crippen LogP contribution in [0.3, 0.4) is 0 Å². The first-order valence-corrected chi connectivity index (χ1v) is 12.7. The Bertz CT molecular complexity index is 1250. The van der Waals surface area contributed by atoms with E-state index in [1.54, 1.807) is 18.2 Å². The van der Waals surface area contributed by atoms with Crippen molar-refractivity contribution in [2.45, 2.75) is 9.79 Å². The molecule has 0 aliphatic carbocycles. The second-order valence-corrected chi connectivity index (χ2v) is 10.6. The lowest BCUT2D eigenvalue weighted by Gasteiger charge is -2.26. The van der Waals surface area contributed by atoms with E-state index in [-0.39, 0.29) is 47.4 Å². The van der Waals surface area contributed by atoms with Gasteiger partial charge in [-0.15, -0.1) is 0 Å². The van der Waals surface area contributed by atoms with E-state index in [1.165, 1.54) is 34.6 Å². The first-order chi connectivity index (χ1) is 15.3. The minimum atomic E-state index is -3.64. The molecule has 1 saturated heterocycles. The molecule has 2 heterocycles. The molecule has 0 atom stereocenters. The number of fused-ring (bicyclic) bond motifs is 1. The number of amidine groups is 1. The van der Waals surface area contributed by atoms with Gasteiger partial charge in [-0.2, -0.15) is 4.31 Å². The molecule has 2 aromatic carbocycles. The Balaban J connectivity index is 1.35. The average molecular weight is 480 g/mol. The second kappa shape index (κ2) is 8.98. The molecule has 2 aromatic rings. The van der Waals surface area contributed by atoms with Gasteiger partial charge in [0.1, 0.15) is 12.4 Å². The third-order valence-electron chi connectivity index (χ3n) is 4.95. The maximum Gasteiger partial charge on any atom is 0.338 e. The first kappa shape index (κ1) is 22.4. The van der Waals surface area contributed by atoms with Gasteiger partial charge in [0.25, 0.3) is 10.0 Å². The van der Waals surface area contributed by atoms with Gasteiger partial charge >= 0.3 is 5.97 Å². The van der Waals surface area contributed by atoms with Crippen LogP contribution in [-0.4, -0.2) is 72.4 Å². The average Bonchev–Trinajstić information content (AvgIpc) is 3.07. The van der Waals surface area contributed by atoms with Gasteiger partial charge in [0.2, 0.25) is 10.0 Å². The van der Waals surface area contributed by atoms with Crippen molar-refractivity contribution in [3.05, 3.63) is 59.7 Å². The van der Waals surface area contributed by atoms with Crippen molar-refractivity contribution in [1.82, 2.24) is 9.03 Å². The lowest BCUT2D eigenvalue weighted by molar-refractivity contribution is 0.0517. The summed E-state index contributed by atoms with van der Waals surface area (Å²) in [5.74, 6) is -0.428. The molecular formula is C20H21N3O7S2. The highest BCUT2D eigenvalue weighted by Crippen LogP contribution is 2.22. The summed E-state index contributed by atoms with van der Waals surface area (Å²) in [6.07, 6.45) is 0. The van der Waals surface area contributed by atoms with Crippen molar-refractivity contribution in [1.29, 1.82) is 0 Å². The number of rotatable bonds is 6. The van der Waals surface area contributed by atoms with E-state index in [1.807, 2.05) is 0 Å². The van der Waals surface area contributed by atoms with Crippen molar-refractivity contribution in [3.8, 4) is 0 Å². The van der Waals surface area contributed by atoms with Crippen LogP contribution < -0.4 is 4.72 Å². The van der Waals surface area contributed by atoms with E-state index in [4.69, 9.17) is 9.47 Å². The second-order valence-electron chi connectivity index (χ2n) is 7.01. The van der Waals surface area contributed by atoms with Crippen molar-refractivity contribution in [2.24, 2.45) is 4.99 Å². The number of aliphatic imine (C=N–C) groups is 1. The Morgan fingerprint density at radius 2 is 1.78 bits per heavy atom. The minimum Gasteiger partial charge on any atom is -0.460 e. The van der Waals surface area contributed by atoms with E-state index >= 15 is 0 Å². The van der Waals surface area contributed by atoms with Crippen molar-refractivity contribution in [2.75, 3.05) is 39.5 Å². The Hall–Kier alpha value is -2.80. The molecule has 0 saturated carbocycles. The zero-order valence-corrected chi connectivity index (χ0v) is 18.6. The molecule has 0 amide bonds. The minimum absolute atomic E-state index is 0.0570. The molecule has 2 aliphatic heterocycles. The molecular weight excluding hydrogens is 458 g/mol. The van der Waals surface area contributed by atoms with Crippen molar-refractivity contribution in [3.63, 3.8) is 0 Å². The van der Waals surface area contributed by atoms with Crippen LogP contribution in [0.1, 0.15) is 15.9 Å². The van der Waals surface area contributed by atoms with E-state index in [9.17, 15) is 21.6 Å². The molecule has 32 heavy (non-hydrogen) atoms. The molecule has 0 unspecified atom stereocenters. The van der Waals surface area contributed by atoms with Gasteiger partial charge in [-0.05, 0) is 36.4 Å². The summed E-state index contributed by atoms with van der Waals surface area (Å²) < 4.78 is 63.4. The number of carbonyl (C=O) groups excluding carboxylic acids is 1. The van der Waals surface area contributed by atoms with Crippen LogP contribution in [0.15, 0.2) is 63.3 Å². The van der Waals surface area contributed by atoms with Crippen LogP contribution in [0.5, 0.6) is 0 Å². The number of ether oxygens (including phenoxy) is 2. The molecule has 0 bridgehead atoms. The number of hydrogen-bond acceptors (Lipinski definition) is 8. The monoisotopic (exact) mass is 479 g/mol. The van der Waals surface area contributed by atoms with Crippen LogP contribution in [0.2, 0.25) is 0 Å². The van der Waals surface area contributed by atoms with Gasteiger partial charge in [0, 0.05) is 18.7 Å². The van der Waals surface area contributed by atoms with E-state index in [0.29, 0.717) is 18.8 Å². The Labute approximate surface area is 186 Å². The largest absolute Gasteiger partial charge is 0.460 e. The number of carbonyl (C=O) groups is 1. The number of nitrogens with one attached hydrogen (secondary N) is 1. The zero-order valence-electron chi connectivity index (χ0n) is 16.9. The van der Waals surface area contributed by atoms with Crippen LogP contribution in [-0.2, 0) is 29.5 Å². The number of morpholine rings is 1. The van der Waals surface area contributed by atoms with Gasteiger partial charge in [-0.1, -0.05) is 12.1 Å². The number of esters is 1. The Kier molecular flexibility index (Phi) is 6.29. The van der Waals surface area contributed by atoms with Crippen molar-refractivity contribution >= 4 is 31.9 Å². The predicted molar refractivity (Wildman–Crippen MR) is 114 cm³/mol. The molecule has 10 nitrogen and oxygen atoms in total. The number of sulfonamides is 2. The molecule has 1 N–H and O–H groups in total. The molecule has 12 heteroatoms. The quantitative estimate of drug-likeness (QED) is 0.474. The fourth-order valence-electron chi connectivity index (χ4n) is 3.33. The zero-order chi connectivity index (χ0) is 22.8. The molecule has 0 aromatic heterocycles. The summed E-state index contributed by atoms with van der Waals surface area (Å²) >= 11 is 0. The molecule has 2 aliphatic rings. The Morgan fingerprint density at radius 1 is 1.09 bits per heavy atom. The molecule has 0 radical (unpaired) electrons. The van der Waals surface area contributed by atoms with E-state index in [2.05, 4.69) is 9.71 Å². The third-order valence-corrected chi connectivity index (χ3v) is 8.26. The third kappa shape index (κ3) is 4.53. The number of nitrogens with zero attached hydrogens (tertiary/aromatic N) is 2. The summed E-state index contributed by atoms with van der Waals surface area (Å²) in [7, 11) is -7.27. The van der Waals surface area contributed by atoms with Gasteiger partial charge < -0.3 is 9.47 Å². The van der Waals surface area contributed by atoms with Gasteiger partial charge in [0.15, 0.2) is 0 Å².